The summed E-state index contributed by atoms with van der Waals surface area (Å²) in [6.45, 7) is 3.30. The maximum absolute atomic E-state index is 12.0. The van der Waals surface area contributed by atoms with Gasteiger partial charge >= 0.3 is 5.97 Å². The average Bonchev–Trinajstić information content (AvgIpc) is 2.60. The lowest BCUT2D eigenvalue weighted by atomic mass is 10.0. The molecule has 130 valence electrons. The predicted molar refractivity (Wildman–Crippen MR) is 90.6 cm³/mol. The molecule has 0 saturated carbocycles. The van der Waals surface area contributed by atoms with Crippen LogP contribution in [0.3, 0.4) is 0 Å². The van der Waals surface area contributed by atoms with Crippen LogP contribution < -0.4 is 15.0 Å². The fourth-order valence-electron chi connectivity index (χ4n) is 2.36. The second-order valence-electron chi connectivity index (χ2n) is 5.33. The van der Waals surface area contributed by atoms with Crippen LogP contribution in [0.2, 0.25) is 0 Å². The van der Waals surface area contributed by atoms with E-state index in [0.717, 1.165) is 0 Å². The SMILES string of the molecule is COC(=O)C(C)Oc1ccc(-c2cc(C)[nH]c(=O)c2C#N)cc1OC. The molecule has 1 aromatic heterocycles. The predicted octanol–water partition coefficient (Wildman–Crippen LogP) is 2.17. The highest BCUT2D eigenvalue weighted by atomic mass is 16.6. The smallest absolute Gasteiger partial charge is 0.346 e. The van der Waals surface area contributed by atoms with Crippen molar-refractivity contribution in [3.8, 4) is 28.7 Å². The molecule has 0 aliphatic rings. The molecule has 1 aromatic carbocycles. The molecule has 0 saturated heterocycles. The Morgan fingerprint density at radius 2 is 1.96 bits per heavy atom. The maximum atomic E-state index is 12.0. The Kier molecular flexibility index (Phi) is 5.45. The van der Waals surface area contributed by atoms with E-state index in [1.165, 1.54) is 14.2 Å². The van der Waals surface area contributed by atoms with Crippen molar-refractivity contribution in [2.24, 2.45) is 0 Å². The third-order valence-corrected chi connectivity index (χ3v) is 3.59. The van der Waals surface area contributed by atoms with Gasteiger partial charge in [-0.3, -0.25) is 4.79 Å². The van der Waals surface area contributed by atoms with Crippen molar-refractivity contribution < 1.29 is 19.0 Å². The molecule has 0 amide bonds. The number of nitrogens with one attached hydrogen (secondary N) is 1. The number of esters is 1. The fourth-order valence-corrected chi connectivity index (χ4v) is 2.36. The molecule has 0 aliphatic heterocycles. The van der Waals surface area contributed by atoms with Gasteiger partial charge in [0.1, 0.15) is 11.6 Å². The van der Waals surface area contributed by atoms with Crippen LogP contribution in [0.1, 0.15) is 18.2 Å². The maximum Gasteiger partial charge on any atom is 0.346 e. The number of rotatable bonds is 5. The number of ether oxygens (including phenoxy) is 3. The summed E-state index contributed by atoms with van der Waals surface area (Å²) in [5, 5.41) is 9.26. The highest BCUT2D eigenvalue weighted by Gasteiger charge is 2.18. The second-order valence-corrected chi connectivity index (χ2v) is 5.33. The number of hydrogen-bond donors (Lipinski definition) is 1. The van der Waals surface area contributed by atoms with Crippen molar-refractivity contribution in [3.63, 3.8) is 0 Å². The van der Waals surface area contributed by atoms with Crippen LogP contribution in [0.25, 0.3) is 11.1 Å². The third-order valence-electron chi connectivity index (χ3n) is 3.59. The molecule has 0 spiro atoms. The van der Waals surface area contributed by atoms with Gasteiger partial charge in [0.2, 0.25) is 0 Å². The molecule has 7 heteroatoms. The summed E-state index contributed by atoms with van der Waals surface area (Å²) in [5.41, 5.74) is 1.33. The summed E-state index contributed by atoms with van der Waals surface area (Å²) in [4.78, 5) is 26.1. The van der Waals surface area contributed by atoms with E-state index in [1.807, 2.05) is 6.07 Å². The number of nitrogens with zero attached hydrogens (tertiary/aromatic N) is 1. The van der Waals surface area contributed by atoms with E-state index < -0.39 is 17.6 Å². The number of aryl methyl sites for hydroxylation is 1. The van der Waals surface area contributed by atoms with Gasteiger partial charge in [-0.2, -0.15) is 5.26 Å². The van der Waals surface area contributed by atoms with Crippen LogP contribution in [0.15, 0.2) is 29.1 Å². The van der Waals surface area contributed by atoms with Gasteiger partial charge < -0.3 is 19.2 Å². The zero-order valence-electron chi connectivity index (χ0n) is 14.4. The van der Waals surface area contributed by atoms with Crippen LogP contribution >= 0.6 is 0 Å². The minimum absolute atomic E-state index is 0.0178. The molecular weight excluding hydrogens is 324 g/mol. The Morgan fingerprint density at radius 3 is 2.56 bits per heavy atom. The number of H-pyrrole nitrogens is 1. The summed E-state index contributed by atoms with van der Waals surface area (Å²) >= 11 is 0. The van der Waals surface area contributed by atoms with Crippen molar-refractivity contribution >= 4 is 5.97 Å². The number of hydrogen-bond acceptors (Lipinski definition) is 6. The van der Waals surface area contributed by atoms with E-state index in [2.05, 4.69) is 9.72 Å². The molecule has 1 heterocycles. The molecule has 2 aromatic rings. The standard InChI is InChI=1S/C18H18N2O5/c1-10-7-13(14(9-19)17(21)20-10)12-5-6-15(16(8-12)23-3)25-11(2)18(22)24-4/h5-8,11H,1-4H3,(H,20,21). The minimum atomic E-state index is -0.804. The van der Waals surface area contributed by atoms with Gasteiger partial charge in [0.25, 0.3) is 5.56 Å². The lowest BCUT2D eigenvalue weighted by Gasteiger charge is -2.16. The largest absolute Gasteiger partial charge is 0.493 e. The van der Waals surface area contributed by atoms with Gasteiger partial charge in [-0.15, -0.1) is 0 Å². The molecule has 2 rings (SSSR count). The van der Waals surface area contributed by atoms with E-state index in [0.29, 0.717) is 28.3 Å². The number of carbonyl (C=O) groups excluding carboxylic acids is 1. The first-order valence-electron chi connectivity index (χ1n) is 7.48. The van der Waals surface area contributed by atoms with E-state index in [-0.39, 0.29) is 5.56 Å². The van der Waals surface area contributed by atoms with Crippen LogP contribution in [0.5, 0.6) is 11.5 Å². The molecule has 0 fully saturated rings. The van der Waals surface area contributed by atoms with Crippen molar-refractivity contribution in [1.82, 2.24) is 4.98 Å². The van der Waals surface area contributed by atoms with E-state index in [9.17, 15) is 14.9 Å². The van der Waals surface area contributed by atoms with E-state index >= 15 is 0 Å². The van der Waals surface area contributed by atoms with Gasteiger partial charge in [-0.25, -0.2) is 4.79 Å². The van der Waals surface area contributed by atoms with Crippen molar-refractivity contribution in [3.05, 3.63) is 45.9 Å². The van der Waals surface area contributed by atoms with Crippen molar-refractivity contribution in [2.75, 3.05) is 14.2 Å². The van der Waals surface area contributed by atoms with Gasteiger partial charge in [0.15, 0.2) is 17.6 Å². The molecule has 0 radical (unpaired) electrons. The number of aromatic nitrogens is 1. The summed E-state index contributed by atoms with van der Waals surface area (Å²) in [5.74, 6) is 0.211. The Morgan fingerprint density at radius 1 is 1.24 bits per heavy atom. The van der Waals surface area contributed by atoms with Gasteiger partial charge in [-0.05, 0) is 37.6 Å². The van der Waals surface area contributed by atoms with E-state index in [1.54, 1.807) is 38.1 Å². The molecule has 1 N–H and O–H groups in total. The Hall–Kier alpha value is -3.27. The lowest BCUT2D eigenvalue weighted by Crippen LogP contribution is -2.25. The van der Waals surface area contributed by atoms with Gasteiger partial charge in [0.05, 0.1) is 14.2 Å². The molecule has 7 nitrogen and oxygen atoms in total. The number of carbonyl (C=O) groups is 1. The number of aromatic amines is 1. The molecular formula is C18H18N2O5. The summed E-state index contributed by atoms with van der Waals surface area (Å²) in [6.07, 6.45) is -0.804. The number of methoxy groups -OCH3 is 2. The first kappa shape index (κ1) is 18.1. The molecule has 0 bridgehead atoms. The first-order chi connectivity index (χ1) is 11.9. The Labute approximate surface area is 144 Å². The fraction of sp³-hybridized carbons (Fsp3) is 0.278. The molecule has 25 heavy (non-hydrogen) atoms. The Bertz CT molecular complexity index is 895. The molecule has 1 atom stereocenters. The lowest BCUT2D eigenvalue weighted by molar-refractivity contribution is -0.147. The number of nitriles is 1. The van der Waals surface area contributed by atoms with Crippen molar-refractivity contribution in [2.45, 2.75) is 20.0 Å². The summed E-state index contributed by atoms with van der Waals surface area (Å²) in [6, 6.07) is 8.59. The second kappa shape index (κ2) is 7.53. The molecule has 0 aliphatic carbocycles. The topological polar surface area (TPSA) is 101 Å². The highest BCUT2D eigenvalue weighted by Crippen LogP contribution is 2.34. The zero-order valence-corrected chi connectivity index (χ0v) is 14.4. The Balaban J connectivity index is 2.49. The monoisotopic (exact) mass is 342 g/mol. The van der Waals surface area contributed by atoms with Crippen LogP contribution in [0, 0.1) is 18.3 Å². The highest BCUT2D eigenvalue weighted by molar-refractivity contribution is 5.75. The number of benzene rings is 1. The quantitative estimate of drug-likeness (QED) is 0.836. The van der Waals surface area contributed by atoms with E-state index in [4.69, 9.17) is 9.47 Å². The van der Waals surface area contributed by atoms with Crippen LogP contribution in [0.4, 0.5) is 0 Å². The third kappa shape index (κ3) is 3.80. The number of pyridine rings is 1. The summed E-state index contributed by atoms with van der Waals surface area (Å²) < 4.78 is 15.5. The normalized spacial score (nSPS) is 11.3. The van der Waals surface area contributed by atoms with Crippen LogP contribution in [-0.2, 0) is 9.53 Å². The summed E-state index contributed by atoms with van der Waals surface area (Å²) in [7, 11) is 2.74. The van der Waals surface area contributed by atoms with Gasteiger partial charge in [0, 0.05) is 11.3 Å². The first-order valence-corrected chi connectivity index (χ1v) is 7.48. The average molecular weight is 342 g/mol. The van der Waals surface area contributed by atoms with Crippen molar-refractivity contribution in [1.29, 1.82) is 5.26 Å². The van der Waals surface area contributed by atoms with Gasteiger partial charge in [-0.1, -0.05) is 6.07 Å². The molecule has 1 unspecified atom stereocenters. The minimum Gasteiger partial charge on any atom is -0.493 e. The van der Waals surface area contributed by atoms with Crippen LogP contribution in [-0.4, -0.2) is 31.3 Å². The zero-order chi connectivity index (χ0) is 18.6.